The normalized spacial score (nSPS) is 24.3. The Balaban J connectivity index is 1.56. The van der Waals surface area contributed by atoms with Crippen LogP contribution in [0.3, 0.4) is 0 Å². The Kier molecular flexibility index (Phi) is 4.70. The van der Waals surface area contributed by atoms with Gasteiger partial charge < -0.3 is 9.88 Å². The summed E-state index contributed by atoms with van der Waals surface area (Å²) in [5.74, 6) is 0.720. The molecule has 0 bridgehead atoms. The molecule has 0 spiro atoms. The largest absolute Gasteiger partial charge is 0.356 e. The van der Waals surface area contributed by atoms with Gasteiger partial charge in [-0.25, -0.2) is 9.37 Å². The number of hydrogen-bond donors (Lipinski definition) is 1. The second-order valence-electron chi connectivity index (χ2n) is 8.43. The summed E-state index contributed by atoms with van der Waals surface area (Å²) >= 11 is 6.30. The van der Waals surface area contributed by atoms with Crippen molar-refractivity contribution in [1.29, 1.82) is 0 Å². The molecule has 1 aliphatic carbocycles. The fourth-order valence-electron chi connectivity index (χ4n) is 4.73. The average molecular weight is 421 g/mol. The van der Waals surface area contributed by atoms with E-state index >= 15 is 4.39 Å². The Labute approximate surface area is 181 Å². The van der Waals surface area contributed by atoms with Gasteiger partial charge in [0.1, 0.15) is 11.7 Å². The third kappa shape index (κ3) is 3.05. The standard InChI is InChI=1S/C25H24ClFN3/c1-16-19(26)10-12-21-23(16)29-24(28-21)25(2)13-6-14-30(25)22-15-18(9-11-20(22)27)17-7-4-3-5-8-17/h3-5,7-8,10-12,18H,6,9,13-14H2,1-2H3,(H,28,29)/t18?,25-/m0/s1. The molecule has 2 aliphatic rings. The van der Waals surface area contributed by atoms with Crippen molar-refractivity contribution in [1.82, 2.24) is 14.9 Å². The fourth-order valence-corrected chi connectivity index (χ4v) is 4.89. The van der Waals surface area contributed by atoms with Crippen molar-refractivity contribution in [2.24, 2.45) is 0 Å². The minimum absolute atomic E-state index is 0.0577. The molecular formula is C25H24ClFN3. The number of likely N-dealkylation sites (tertiary alicyclic amines) is 1. The number of rotatable bonds is 3. The van der Waals surface area contributed by atoms with Crippen LogP contribution in [0.4, 0.5) is 4.39 Å². The second-order valence-corrected chi connectivity index (χ2v) is 8.83. The Morgan fingerprint density at radius 3 is 2.83 bits per heavy atom. The Hall–Kier alpha value is -2.59. The van der Waals surface area contributed by atoms with Crippen LogP contribution in [-0.2, 0) is 5.54 Å². The van der Waals surface area contributed by atoms with E-state index in [0.717, 1.165) is 47.4 Å². The van der Waals surface area contributed by atoms with E-state index in [1.165, 1.54) is 0 Å². The molecule has 1 saturated heterocycles. The molecule has 1 unspecified atom stereocenters. The second kappa shape index (κ2) is 7.28. The summed E-state index contributed by atoms with van der Waals surface area (Å²) in [6, 6.07) is 14.1. The highest BCUT2D eigenvalue weighted by Gasteiger charge is 2.43. The molecule has 0 saturated carbocycles. The van der Waals surface area contributed by atoms with Crippen LogP contribution in [-0.4, -0.2) is 21.4 Å². The molecule has 3 aromatic rings. The van der Waals surface area contributed by atoms with E-state index in [-0.39, 0.29) is 11.7 Å². The van der Waals surface area contributed by atoms with Crippen molar-refractivity contribution in [2.75, 3.05) is 6.54 Å². The van der Waals surface area contributed by atoms with Crippen LogP contribution in [0.2, 0.25) is 5.02 Å². The molecule has 1 radical (unpaired) electrons. The molecule has 1 N–H and O–H groups in total. The molecule has 0 amide bonds. The minimum atomic E-state index is -0.427. The van der Waals surface area contributed by atoms with Gasteiger partial charge in [0.25, 0.3) is 0 Å². The molecule has 1 aromatic heterocycles. The quantitative estimate of drug-likeness (QED) is 0.520. The van der Waals surface area contributed by atoms with Crippen molar-refractivity contribution < 1.29 is 4.39 Å². The van der Waals surface area contributed by atoms with E-state index < -0.39 is 5.54 Å². The summed E-state index contributed by atoms with van der Waals surface area (Å²) in [6.07, 6.45) is 7.68. The van der Waals surface area contributed by atoms with Crippen molar-refractivity contribution >= 4 is 22.6 Å². The first-order valence-corrected chi connectivity index (χ1v) is 10.8. The van der Waals surface area contributed by atoms with Gasteiger partial charge in [0.15, 0.2) is 0 Å². The van der Waals surface area contributed by atoms with Gasteiger partial charge in [-0.15, -0.1) is 0 Å². The number of nitrogens with one attached hydrogen (secondary N) is 1. The molecule has 2 heterocycles. The molecule has 1 fully saturated rings. The van der Waals surface area contributed by atoms with Gasteiger partial charge in [-0.1, -0.05) is 41.9 Å². The molecule has 3 nitrogen and oxygen atoms in total. The monoisotopic (exact) mass is 420 g/mol. The number of halogens is 2. The van der Waals surface area contributed by atoms with Crippen LogP contribution in [0.5, 0.6) is 0 Å². The summed E-state index contributed by atoms with van der Waals surface area (Å²) in [7, 11) is 0. The lowest BCUT2D eigenvalue weighted by molar-refractivity contribution is 0.190. The van der Waals surface area contributed by atoms with E-state index in [2.05, 4.69) is 35.0 Å². The number of aromatic amines is 1. The predicted octanol–water partition coefficient (Wildman–Crippen LogP) is 6.56. The summed E-state index contributed by atoms with van der Waals surface area (Å²) in [5.41, 5.74) is 4.09. The third-order valence-corrected chi connectivity index (χ3v) is 6.94. The number of imidazole rings is 1. The SMILES string of the molecule is Cc1c(Cl)ccc2[nH]c([C@]3(C)CCCN3C3=[C]C(c4ccccc4)CC=C3F)nc12. The van der Waals surface area contributed by atoms with Gasteiger partial charge in [0, 0.05) is 17.5 Å². The molecule has 30 heavy (non-hydrogen) atoms. The van der Waals surface area contributed by atoms with Gasteiger partial charge in [-0.3, -0.25) is 0 Å². The first-order valence-electron chi connectivity index (χ1n) is 10.4. The first kappa shape index (κ1) is 19.4. The minimum Gasteiger partial charge on any atom is -0.356 e. The first-order chi connectivity index (χ1) is 14.5. The summed E-state index contributed by atoms with van der Waals surface area (Å²) in [4.78, 5) is 10.5. The Morgan fingerprint density at radius 2 is 2.03 bits per heavy atom. The van der Waals surface area contributed by atoms with Gasteiger partial charge in [-0.2, -0.15) is 0 Å². The highest BCUT2D eigenvalue weighted by Crippen LogP contribution is 2.44. The van der Waals surface area contributed by atoms with Crippen molar-refractivity contribution in [3.05, 3.63) is 88.1 Å². The van der Waals surface area contributed by atoms with Crippen molar-refractivity contribution in [3.8, 4) is 0 Å². The zero-order valence-electron chi connectivity index (χ0n) is 17.2. The molecule has 2 aromatic carbocycles. The van der Waals surface area contributed by atoms with E-state index in [1.54, 1.807) is 6.08 Å². The van der Waals surface area contributed by atoms with Gasteiger partial charge in [0.2, 0.25) is 0 Å². The lowest BCUT2D eigenvalue weighted by Crippen LogP contribution is -2.39. The lowest BCUT2D eigenvalue weighted by Gasteiger charge is -2.38. The average Bonchev–Trinajstić information content (AvgIpc) is 3.37. The topological polar surface area (TPSA) is 31.9 Å². The summed E-state index contributed by atoms with van der Waals surface area (Å²) < 4.78 is 15.0. The number of hydrogen-bond acceptors (Lipinski definition) is 2. The molecular weight excluding hydrogens is 397 g/mol. The van der Waals surface area contributed by atoms with Crippen molar-refractivity contribution in [3.63, 3.8) is 0 Å². The molecule has 1 aliphatic heterocycles. The zero-order chi connectivity index (χ0) is 20.9. The van der Waals surface area contributed by atoms with E-state index in [4.69, 9.17) is 16.6 Å². The van der Waals surface area contributed by atoms with Crippen LogP contribution in [0.15, 0.2) is 60.1 Å². The maximum atomic E-state index is 15.0. The fraction of sp³-hybridized carbons (Fsp3) is 0.320. The van der Waals surface area contributed by atoms with Gasteiger partial charge in [0.05, 0.1) is 22.3 Å². The molecule has 153 valence electrons. The number of fused-ring (bicyclic) bond motifs is 1. The number of H-pyrrole nitrogens is 1. The van der Waals surface area contributed by atoms with Crippen LogP contribution in [0.25, 0.3) is 11.0 Å². The zero-order valence-corrected chi connectivity index (χ0v) is 17.9. The number of aromatic nitrogens is 2. The number of benzene rings is 2. The Bertz CT molecular complexity index is 1160. The smallest absolute Gasteiger partial charge is 0.142 e. The van der Waals surface area contributed by atoms with E-state index in [1.807, 2.05) is 37.3 Å². The molecule has 2 atom stereocenters. The van der Waals surface area contributed by atoms with Gasteiger partial charge in [-0.05, 0) is 68.5 Å². The highest BCUT2D eigenvalue weighted by molar-refractivity contribution is 6.32. The summed E-state index contributed by atoms with van der Waals surface area (Å²) in [6.45, 7) is 4.90. The van der Waals surface area contributed by atoms with Crippen LogP contribution < -0.4 is 0 Å². The van der Waals surface area contributed by atoms with Crippen molar-refractivity contribution in [2.45, 2.75) is 44.6 Å². The predicted molar refractivity (Wildman–Crippen MR) is 119 cm³/mol. The van der Waals surface area contributed by atoms with Crippen LogP contribution in [0, 0.1) is 13.0 Å². The Morgan fingerprint density at radius 1 is 1.23 bits per heavy atom. The number of allylic oxidation sites excluding steroid dienone is 3. The maximum absolute atomic E-state index is 15.0. The summed E-state index contributed by atoms with van der Waals surface area (Å²) in [5, 5.41) is 0.706. The lowest BCUT2D eigenvalue weighted by atomic mass is 9.89. The van der Waals surface area contributed by atoms with Gasteiger partial charge >= 0.3 is 0 Å². The van der Waals surface area contributed by atoms with Crippen LogP contribution in [0.1, 0.15) is 49.1 Å². The van der Waals surface area contributed by atoms with Crippen LogP contribution >= 0.6 is 11.6 Å². The van der Waals surface area contributed by atoms with E-state index in [0.29, 0.717) is 17.1 Å². The van der Waals surface area contributed by atoms with E-state index in [9.17, 15) is 0 Å². The highest BCUT2D eigenvalue weighted by atomic mass is 35.5. The molecule has 5 rings (SSSR count). The molecule has 5 heteroatoms. The number of aryl methyl sites for hydroxylation is 1. The number of nitrogens with zero attached hydrogens (tertiary/aromatic N) is 2. The third-order valence-electron chi connectivity index (χ3n) is 6.53. The maximum Gasteiger partial charge on any atom is 0.142 e.